The molecule has 0 aromatic heterocycles. The lowest BCUT2D eigenvalue weighted by molar-refractivity contribution is -0.132. The van der Waals surface area contributed by atoms with Crippen LogP contribution >= 0.6 is 11.6 Å². The number of rotatable bonds is 4. The Bertz CT molecular complexity index is 768. The van der Waals surface area contributed by atoms with E-state index in [2.05, 4.69) is 10.6 Å². The van der Waals surface area contributed by atoms with Crippen LogP contribution in [0.5, 0.6) is 0 Å². The van der Waals surface area contributed by atoms with Gasteiger partial charge >= 0.3 is 6.03 Å². The second kappa shape index (κ2) is 8.21. The minimum absolute atomic E-state index is 0.0108. The molecule has 0 bridgehead atoms. The van der Waals surface area contributed by atoms with Gasteiger partial charge < -0.3 is 10.2 Å². The molecule has 1 atom stereocenters. The van der Waals surface area contributed by atoms with Crippen molar-refractivity contribution in [1.29, 1.82) is 0 Å². The van der Waals surface area contributed by atoms with E-state index < -0.39 is 24.4 Å². The van der Waals surface area contributed by atoms with Crippen molar-refractivity contribution in [3.8, 4) is 0 Å². The van der Waals surface area contributed by atoms with E-state index in [4.69, 9.17) is 11.6 Å². The summed E-state index contributed by atoms with van der Waals surface area (Å²) in [6.07, 6.45) is 2.09. The highest BCUT2D eigenvalue weighted by Crippen LogP contribution is 2.34. The Hall–Kier alpha value is -2.22. The van der Waals surface area contributed by atoms with Crippen LogP contribution in [0.2, 0.25) is 5.02 Å². The van der Waals surface area contributed by atoms with Crippen molar-refractivity contribution in [2.24, 2.45) is 0 Å². The van der Waals surface area contributed by atoms with Crippen molar-refractivity contribution in [2.45, 2.75) is 57.7 Å². The highest BCUT2D eigenvalue weighted by atomic mass is 35.5. The number of carbonyl (C=O) groups is 3. The molecule has 27 heavy (non-hydrogen) atoms. The summed E-state index contributed by atoms with van der Waals surface area (Å²) >= 11 is 5.84. The third-order valence-corrected chi connectivity index (χ3v) is 4.82. The van der Waals surface area contributed by atoms with E-state index in [1.165, 1.54) is 36.3 Å². The largest absolute Gasteiger partial charge is 0.334 e. The third kappa shape index (κ3) is 4.94. The van der Waals surface area contributed by atoms with Gasteiger partial charge in [0.25, 0.3) is 12.3 Å². The van der Waals surface area contributed by atoms with E-state index >= 15 is 0 Å². The van der Waals surface area contributed by atoms with Crippen molar-refractivity contribution < 1.29 is 23.2 Å². The Morgan fingerprint density at radius 3 is 2.33 bits per heavy atom. The van der Waals surface area contributed by atoms with Gasteiger partial charge in [-0.3, -0.25) is 14.9 Å². The van der Waals surface area contributed by atoms with Gasteiger partial charge in [0.05, 0.1) is 0 Å². The van der Waals surface area contributed by atoms with Crippen molar-refractivity contribution in [3.05, 3.63) is 33.8 Å². The van der Waals surface area contributed by atoms with E-state index in [1.807, 2.05) is 0 Å². The molecule has 2 N–H and O–H groups in total. The number of amides is 4. The fourth-order valence-electron chi connectivity index (χ4n) is 2.87. The number of imide groups is 1. The molecule has 1 aliphatic carbocycles. The molecule has 0 radical (unpaired) electrons. The van der Waals surface area contributed by atoms with Gasteiger partial charge in [0.1, 0.15) is 6.04 Å². The maximum absolute atomic E-state index is 12.9. The number of nitrogens with zero attached hydrogens (tertiary/aromatic N) is 1. The van der Waals surface area contributed by atoms with E-state index in [0.717, 1.165) is 5.56 Å². The molecule has 4 rings (SSSR count). The van der Waals surface area contributed by atoms with Crippen LogP contribution in [0, 0.1) is 0 Å². The summed E-state index contributed by atoms with van der Waals surface area (Å²) < 4.78 is 25.8. The minimum Gasteiger partial charge on any atom is -0.334 e. The zero-order valence-electron chi connectivity index (χ0n) is 14.6. The maximum Gasteiger partial charge on any atom is 0.322 e. The lowest BCUT2D eigenvalue weighted by atomic mass is 10.1. The molecule has 2 aliphatic heterocycles. The first-order valence-electron chi connectivity index (χ1n) is 8.83. The Labute approximate surface area is 160 Å². The van der Waals surface area contributed by atoms with Crippen LogP contribution in [0.25, 0.3) is 0 Å². The first-order chi connectivity index (χ1) is 12.8. The fourth-order valence-corrected chi connectivity index (χ4v) is 3.14. The number of urea groups is 1. The van der Waals surface area contributed by atoms with Gasteiger partial charge in [0.15, 0.2) is 0 Å². The van der Waals surface area contributed by atoms with Crippen molar-refractivity contribution >= 4 is 29.4 Å². The van der Waals surface area contributed by atoms with E-state index in [-0.39, 0.29) is 35.9 Å². The molecule has 1 saturated heterocycles. The normalized spacial score (nSPS) is 20.0. The zero-order valence-corrected chi connectivity index (χ0v) is 15.3. The number of carbonyl (C=O) groups excluding carboxylic acids is 3. The van der Waals surface area contributed by atoms with Crippen molar-refractivity contribution in [3.63, 3.8) is 0 Å². The Morgan fingerprint density at radius 1 is 1.19 bits per heavy atom. The van der Waals surface area contributed by atoms with Gasteiger partial charge in [-0.25, -0.2) is 13.6 Å². The quantitative estimate of drug-likeness (QED) is 0.763. The van der Waals surface area contributed by atoms with Crippen LogP contribution in [0.1, 0.15) is 55.2 Å². The summed E-state index contributed by atoms with van der Waals surface area (Å²) in [6.45, 7) is 0.523. The standard InChI is InChI=1S/C15H14ClF2N3O3.C3H6/c16-10-4-8-6-21(5-7(8)3-9(10)13(17)18)12(22)2-1-11-14(23)20-15(24)19-11;1-2-3-1/h3-4,11,13H,1-2,5-6H2,(H2,19,20,23,24);1-3H2. The number of halogens is 3. The average molecular weight is 400 g/mol. The predicted molar refractivity (Wildman–Crippen MR) is 94.2 cm³/mol. The molecule has 9 heteroatoms. The molecule has 1 aromatic carbocycles. The maximum atomic E-state index is 12.9. The van der Waals surface area contributed by atoms with Crippen molar-refractivity contribution in [2.75, 3.05) is 0 Å². The van der Waals surface area contributed by atoms with Gasteiger partial charge in [-0.1, -0.05) is 30.9 Å². The van der Waals surface area contributed by atoms with Crippen LogP contribution in [-0.4, -0.2) is 28.8 Å². The third-order valence-electron chi connectivity index (χ3n) is 4.49. The molecule has 2 fully saturated rings. The Balaban J connectivity index is 0.000000637. The Kier molecular flexibility index (Phi) is 5.94. The van der Waals surface area contributed by atoms with Gasteiger partial charge in [0.2, 0.25) is 5.91 Å². The van der Waals surface area contributed by atoms with Crippen LogP contribution in [0.15, 0.2) is 12.1 Å². The number of hydrogen-bond donors (Lipinski definition) is 2. The van der Waals surface area contributed by atoms with Crippen LogP contribution in [0.4, 0.5) is 13.6 Å². The summed E-state index contributed by atoms with van der Waals surface area (Å²) in [7, 11) is 0. The predicted octanol–water partition coefficient (Wildman–Crippen LogP) is 3.28. The first-order valence-corrected chi connectivity index (χ1v) is 9.21. The topological polar surface area (TPSA) is 78.5 Å². The smallest absolute Gasteiger partial charge is 0.322 e. The number of fused-ring (bicyclic) bond motifs is 1. The van der Waals surface area contributed by atoms with Gasteiger partial charge in [-0.15, -0.1) is 0 Å². The SMILES string of the molecule is C1CC1.O=C1NC(=O)C(CCC(=O)N2Cc3cc(Cl)c(C(F)F)cc3C2)N1. The summed E-state index contributed by atoms with van der Waals surface area (Å²) in [5.41, 5.74) is 1.15. The van der Waals surface area contributed by atoms with Gasteiger partial charge in [0, 0.05) is 30.1 Å². The molecule has 146 valence electrons. The summed E-state index contributed by atoms with van der Waals surface area (Å²) in [5.74, 6) is -0.666. The monoisotopic (exact) mass is 399 g/mol. The number of nitrogens with one attached hydrogen (secondary N) is 2. The molecular weight excluding hydrogens is 380 g/mol. The van der Waals surface area contributed by atoms with Gasteiger partial charge in [-0.05, 0) is 29.7 Å². The average Bonchev–Trinajstić information content (AvgIpc) is 3.37. The first kappa shape index (κ1) is 19.5. The second-order valence-electron chi connectivity index (χ2n) is 6.81. The molecule has 0 spiro atoms. The van der Waals surface area contributed by atoms with Crippen LogP contribution < -0.4 is 10.6 Å². The fraction of sp³-hybridized carbons (Fsp3) is 0.500. The highest BCUT2D eigenvalue weighted by Gasteiger charge is 2.31. The van der Waals surface area contributed by atoms with Crippen LogP contribution in [-0.2, 0) is 22.7 Å². The zero-order chi connectivity index (χ0) is 19.6. The van der Waals surface area contributed by atoms with Crippen LogP contribution in [0.3, 0.4) is 0 Å². The van der Waals surface area contributed by atoms with E-state index in [9.17, 15) is 23.2 Å². The van der Waals surface area contributed by atoms with Gasteiger partial charge in [-0.2, -0.15) is 0 Å². The molecule has 1 unspecified atom stereocenters. The van der Waals surface area contributed by atoms with E-state index in [1.54, 1.807) is 0 Å². The molecule has 1 aromatic rings. The molecule has 3 aliphatic rings. The summed E-state index contributed by atoms with van der Waals surface area (Å²) in [4.78, 5) is 36.2. The second-order valence-corrected chi connectivity index (χ2v) is 7.21. The Morgan fingerprint density at radius 2 is 1.81 bits per heavy atom. The summed E-state index contributed by atoms with van der Waals surface area (Å²) in [5, 5.41) is 4.51. The molecule has 4 amide bonds. The lowest BCUT2D eigenvalue weighted by Crippen LogP contribution is -2.32. The molecule has 2 heterocycles. The molecule has 6 nitrogen and oxygen atoms in total. The lowest BCUT2D eigenvalue weighted by Gasteiger charge is -2.16. The number of benzene rings is 1. The number of hydrogen-bond acceptors (Lipinski definition) is 3. The summed E-state index contributed by atoms with van der Waals surface area (Å²) in [6, 6.07) is 1.52. The highest BCUT2D eigenvalue weighted by molar-refractivity contribution is 6.31. The number of alkyl halides is 2. The van der Waals surface area contributed by atoms with Crippen molar-refractivity contribution in [1.82, 2.24) is 15.5 Å². The molecular formula is C18H20ClF2N3O3. The van der Waals surface area contributed by atoms with E-state index in [0.29, 0.717) is 12.1 Å². The molecule has 1 saturated carbocycles. The minimum atomic E-state index is -2.67.